The maximum atomic E-state index is 12.4. The molecule has 2 fully saturated rings. The van der Waals surface area contributed by atoms with Crippen molar-refractivity contribution >= 4 is 29.5 Å². The Labute approximate surface area is 116 Å². The van der Waals surface area contributed by atoms with Crippen LogP contribution in [0, 0.1) is 0 Å². The highest BCUT2D eigenvalue weighted by Gasteiger charge is 2.38. The van der Waals surface area contributed by atoms with Crippen LogP contribution in [-0.4, -0.2) is 53.5 Å². The molecule has 106 valence electrons. The first-order valence-corrected chi connectivity index (χ1v) is 7.54. The monoisotopic (exact) mass is 286 g/mol. The zero-order valence-corrected chi connectivity index (χ0v) is 11.7. The Bertz CT molecular complexity index is 388. The van der Waals surface area contributed by atoms with Gasteiger partial charge in [0.15, 0.2) is 0 Å². The van der Waals surface area contributed by atoms with Crippen molar-refractivity contribution in [1.82, 2.24) is 10.2 Å². The van der Waals surface area contributed by atoms with Gasteiger partial charge in [0.2, 0.25) is 11.8 Å². The fourth-order valence-electron chi connectivity index (χ4n) is 2.35. The Morgan fingerprint density at radius 2 is 2.21 bits per heavy atom. The van der Waals surface area contributed by atoms with E-state index in [4.69, 9.17) is 4.74 Å². The lowest BCUT2D eigenvalue weighted by Gasteiger charge is -2.26. The molecule has 0 radical (unpaired) electrons. The lowest BCUT2D eigenvalue weighted by Crippen LogP contribution is -2.51. The first-order chi connectivity index (χ1) is 9.13. The van der Waals surface area contributed by atoms with E-state index in [2.05, 4.69) is 5.32 Å². The molecule has 2 heterocycles. The number of ether oxygens (including phenoxy) is 1. The molecule has 0 aromatic carbocycles. The van der Waals surface area contributed by atoms with Gasteiger partial charge in [-0.25, -0.2) is 4.79 Å². The number of hydrogen-bond donors (Lipinski definition) is 1. The standard InChI is InChI=1S/C12H18N2O4S/c1-18-12(17)9-6-19-7-14(9)11(16)8-4-2-3-5-10(15)13-8/h8-9H,2-7H2,1H3,(H,13,15)/t8-,9+/m1/s1. The molecule has 1 N–H and O–H groups in total. The molecule has 0 bridgehead atoms. The van der Waals surface area contributed by atoms with Crippen LogP contribution >= 0.6 is 11.8 Å². The molecule has 19 heavy (non-hydrogen) atoms. The molecule has 0 unspecified atom stereocenters. The maximum Gasteiger partial charge on any atom is 0.329 e. The minimum Gasteiger partial charge on any atom is -0.467 e. The van der Waals surface area contributed by atoms with Crippen molar-refractivity contribution in [2.24, 2.45) is 0 Å². The van der Waals surface area contributed by atoms with Gasteiger partial charge in [-0.3, -0.25) is 9.59 Å². The van der Waals surface area contributed by atoms with Crippen LogP contribution in [0.1, 0.15) is 25.7 Å². The second kappa shape index (κ2) is 6.27. The summed E-state index contributed by atoms with van der Waals surface area (Å²) in [6.07, 6.45) is 2.77. The highest BCUT2D eigenvalue weighted by atomic mass is 32.2. The van der Waals surface area contributed by atoms with Crippen molar-refractivity contribution in [3.05, 3.63) is 0 Å². The van der Waals surface area contributed by atoms with Gasteiger partial charge in [0, 0.05) is 12.2 Å². The molecule has 2 aliphatic heterocycles. The summed E-state index contributed by atoms with van der Waals surface area (Å²) in [6, 6.07) is -1.02. The number of hydrogen-bond acceptors (Lipinski definition) is 5. The number of amides is 2. The van der Waals surface area contributed by atoms with E-state index < -0.39 is 18.1 Å². The average Bonchev–Trinajstić information content (AvgIpc) is 2.79. The van der Waals surface area contributed by atoms with Gasteiger partial charge in [-0.2, -0.15) is 0 Å². The van der Waals surface area contributed by atoms with Crippen molar-refractivity contribution < 1.29 is 19.1 Å². The van der Waals surface area contributed by atoms with Crippen molar-refractivity contribution in [2.45, 2.75) is 37.8 Å². The zero-order valence-electron chi connectivity index (χ0n) is 10.9. The van der Waals surface area contributed by atoms with E-state index in [1.165, 1.54) is 23.8 Å². The van der Waals surface area contributed by atoms with Crippen molar-refractivity contribution in [3.63, 3.8) is 0 Å². The number of esters is 1. The van der Waals surface area contributed by atoms with Crippen LogP contribution in [0.5, 0.6) is 0 Å². The van der Waals surface area contributed by atoms with Gasteiger partial charge in [0.1, 0.15) is 12.1 Å². The number of methoxy groups -OCH3 is 1. The van der Waals surface area contributed by atoms with Crippen molar-refractivity contribution in [1.29, 1.82) is 0 Å². The summed E-state index contributed by atoms with van der Waals surface area (Å²) in [5.74, 6) is 0.385. The minimum absolute atomic E-state index is 0.0858. The Balaban J connectivity index is 2.05. The van der Waals surface area contributed by atoms with E-state index in [-0.39, 0.29) is 11.8 Å². The van der Waals surface area contributed by atoms with E-state index in [1.54, 1.807) is 0 Å². The second-order valence-electron chi connectivity index (χ2n) is 4.71. The molecule has 0 aromatic rings. The Morgan fingerprint density at radius 3 is 2.95 bits per heavy atom. The predicted molar refractivity (Wildman–Crippen MR) is 70.4 cm³/mol. The van der Waals surface area contributed by atoms with Gasteiger partial charge < -0.3 is 15.0 Å². The molecular formula is C12H18N2O4S. The molecule has 2 atom stereocenters. The van der Waals surface area contributed by atoms with Gasteiger partial charge >= 0.3 is 5.97 Å². The third-order valence-corrected chi connectivity index (χ3v) is 4.43. The number of rotatable bonds is 2. The highest BCUT2D eigenvalue weighted by Crippen LogP contribution is 2.24. The van der Waals surface area contributed by atoms with Crippen LogP contribution in [0.2, 0.25) is 0 Å². The smallest absolute Gasteiger partial charge is 0.329 e. The van der Waals surface area contributed by atoms with Crippen LogP contribution in [0.15, 0.2) is 0 Å². The number of carbonyl (C=O) groups excluding carboxylic acids is 3. The SMILES string of the molecule is COC(=O)[C@@H]1CSCN1C(=O)[C@H]1CCCCC(=O)N1. The first-order valence-electron chi connectivity index (χ1n) is 6.39. The summed E-state index contributed by atoms with van der Waals surface area (Å²) in [4.78, 5) is 37.1. The van der Waals surface area contributed by atoms with Crippen LogP contribution in [0.3, 0.4) is 0 Å². The molecule has 2 rings (SSSR count). The first kappa shape index (κ1) is 14.2. The van der Waals surface area contributed by atoms with Crippen LogP contribution in [0.4, 0.5) is 0 Å². The van der Waals surface area contributed by atoms with Crippen molar-refractivity contribution in [2.75, 3.05) is 18.7 Å². The summed E-state index contributed by atoms with van der Waals surface area (Å²) < 4.78 is 4.71. The number of nitrogens with zero attached hydrogens (tertiary/aromatic N) is 1. The van der Waals surface area contributed by atoms with Gasteiger partial charge in [0.05, 0.1) is 13.0 Å². The highest BCUT2D eigenvalue weighted by molar-refractivity contribution is 7.99. The second-order valence-corrected chi connectivity index (χ2v) is 5.71. The van der Waals surface area contributed by atoms with E-state index in [0.29, 0.717) is 24.5 Å². The minimum atomic E-state index is -0.525. The molecule has 7 heteroatoms. The maximum absolute atomic E-state index is 12.4. The number of nitrogens with one attached hydrogen (secondary N) is 1. The molecule has 0 spiro atoms. The van der Waals surface area contributed by atoms with E-state index in [9.17, 15) is 14.4 Å². The molecule has 6 nitrogen and oxygen atoms in total. The molecule has 0 aromatic heterocycles. The molecular weight excluding hydrogens is 268 g/mol. The summed E-state index contributed by atoms with van der Waals surface area (Å²) in [5.41, 5.74) is 0. The fourth-order valence-corrected chi connectivity index (χ4v) is 3.50. The summed E-state index contributed by atoms with van der Waals surface area (Å²) >= 11 is 1.52. The lowest BCUT2D eigenvalue weighted by atomic mass is 10.1. The van der Waals surface area contributed by atoms with Crippen LogP contribution in [0.25, 0.3) is 0 Å². The van der Waals surface area contributed by atoms with E-state index >= 15 is 0 Å². The summed E-state index contributed by atoms with van der Waals surface area (Å²) in [6.45, 7) is 0. The molecule has 2 amide bonds. The van der Waals surface area contributed by atoms with Crippen molar-refractivity contribution in [3.8, 4) is 0 Å². The van der Waals surface area contributed by atoms with Crippen LogP contribution < -0.4 is 5.32 Å². The number of thioether (sulfide) groups is 1. The summed E-state index contributed by atoms with van der Waals surface area (Å²) in [5, 5.41) is 2.74. The largest absolute Gasteiger partial charge is 0.467 e. The Morgan fingerprint density at radius 1 is 1.42 bits per heavy atom. The van der Waals surface area contributed by atoms with Gasteiger partial charge in [-0.15, -0.1) is 11.8 Å². The summed E-state index contributed by atoms with van der Waals surface area (Å²) in [7, 11) is 1.32. The fraction of sp³-hybridized carbons (Fsp3) is 0.750. The molecule has 2 aliphatic rings. The average molecular weight is 286 g/mol. The van der Waals surface area contributed by atoms with Gasteiger partial charge in [-0.05, 0) is 12.8 Å². The van der Waals surface area contributed by atoms with E-state index in [0.717, 1.165) is 12.8 Å². The third kappa shape index (κ3) is 3.20. The normalized spacial score (nSPS) is 27.6. The number of carbonyl (C=O) groups is 3. The van der Waals surface area contributed by atoms with E-state index in [1.807, 2.05) is 0 Å². The quantitative estimate of drug-likeness (QED) is 0.730. The Hall–Kier alpha value is -1.24. The Kier molecular flexibility index (Phi) is 4.68. The zero-order chi connectivity index (χ0) is 13.8. The lowest BCUT2D eigenvalue weighted by molar-refractivity contribution is -0.151. The van der Waals surface area contributed by atoms with Gasteiger partial charge in [-0.1, -0.05) is 6.42 Å². The topological polar surface area (TPSA) is 75.7 Å². The van der Waals surface area contributed by atoms with Crippen LogP contribution in [-0.2, 0) is 19.1 Å². The molecule has 0 saturated carbocycles. The third-order valence-electron chi connectivity index (χ3n) is 3.42. The predicted octanol–water partition coefficient (Wildman–Crippen LogP) is 0.120. The van der Waals surface area contributed by atoms with Gasteiger partial charge in [0.25, 0.3) is 0 Å². The molecule has 2 saturated heterocycles. The molecule has 0 aliphatic carbocycles.